The summed E-state index contributed by atoms with van der Waals surface area (Å²) in [4.78, 5) is 14.1. The molecule has 6 heteroatoms. The van der Waals surface area contributed by atoms with Gasteiger partial charge in [-0.05, 0) is 49.1 Å². The third kappa shape index (κ3) is 4.64. The zero-order valence-corrected chi connectivity index (χ0v) is 15.9. The third-order valence-electron chi connectivity index (χ3n) is 5.24. The molecule has 1 fully saturated rings. The van der Waals surface area contributed by atoms with Gasteiger partial charge < -0.3 is 14.6 Å². The molecular weight excluding hydrogens is 352 g/mol. The van der Waals surface area contributed by atoms with Gasteiger partial charge >= 0.3 is 0 Å². The SMILES string of the molecule is O=C(NCc1ccc(C[NH+]2CCCCC2)cc1)c1ccc(-c2nnco2)cc1. The van der Waals surface area contributed by atoms with Gasteiger partial charge in [0.1, 0.15) is 6.54 Å². The first-order chi connectivity index (χ1) is 13.8. The van der Waals surface area contributed by atoms with Crippen molar-refractivity contribution in [2.45, 2.75) is 32.4 Å². The van der Waals surface area contributed by atoms with E-state index in [0.29, 0.717) is 18.0 Å². The zero-order valence-electron chi connectivity index (χ0n) is 15.9. The Kier molecular flexibility index (Phi) is 5.77. The largest absolute Gasteiger partial charge is 0.423 e. The van der Waals surface area contributed by atoms with Crippen LogP contribution in [0.5, 0.6) is 0 Å². The molecule has 0 aliphatic carbocycles. The number of rotatable bonds is 6. The van der Waals surface area contributed by atoms with Gasteiger partial charge in [-0.15, -0.1) is 10.2 Å². The average molecular weight is 377 g/mol. The minimum Gasteiger partial charge on any atom is -0.423 e. The summed E-state index contributed by atoms with van der Waals surface area (Å²) in [6.07, 6.45) is 5.35. The first-order valence-electron chi connectivity index (χ1n) is 9.84. The molecule has 1 saturated heterocycles. The number of carbonyl (C=O) groups excluding carboxylic acids is 1. The second-order valence-corrected chi connectivity index (χ2v) is 7.31. The molecule has 1 aliphatic rings. The van der Waals surface area contributed by atoms with Crippen LogP contribution in [0, 0.1) is 0 Å². The van der Waals surface area contributed by atoms with E-state index in [1.165, 1.54) is 44.3 Å². The van der Waals surface area contributed by atoms with Crippen molar-refractivity contribution in [3.63, 3.8) is 0 Å². The Bertz CT molecular complexity index is 883. The van der Waals surface area contributed by atoms with Crippen LogP contribution in [-0.4, -0.2) is 29.2 Å². The standard InChI is InChI=1S/C22H24N4O2/c27-21(19-8-10-20(11-9-19)22-25-24-16-28-22)23-14-17-4-6-18(7-5-17)15-26-12-2-1-3-13-26/h4-11,16H,1-3,12-15H2,(H,23,27)/p+1. The van der Waals surface area contributed by atoms with Gasteiger partial charge in [0, 0.05) is 23.2 Å². The quantitative estimate of drug-likeness (QED) is 0.691. The van der Waals surface area contributed by atoms with Crippen molar-refractivity contribution in [1.82, 2.24) is 15.5 Å². The number of aromatic nitrogens is 2. The van der Waals surface area contributed by atoms with Gasteiger partial charge in [-0.25, -0.2) is 0 Å². The molecule has 4 rings (SSSR count). The van der Waals surface area contributed by atoms with Gasteiger partial charge in [0.05, 0.1) is 13.1 Å². The monoisotopic (exact) mass is 377 g/mol. The van der Waals surface area contributed by atoms with E-state index in [0.717, 1.165) is 17.7 Å². The van der Waals surface area contributed by atoms with Crippen LogP contribution in [0.2, 0.25) is 0 Å². The lowest BCUT2D eigenvalue weighted by molar-refractivity contribution is -0.918. The van der Waals surface area contributed by atoms with Gasteiger partial charge in [0.2, 0.25) is 12.3 Å². The molecule has 0 bridgehead atoms. The summed E-state index contributed by atoms with van der Waals surface area (Å²) in [5.41, 5.74) is 3.87. The van der Waals surface area contributed by atoms with E-state index in [9.17, 15) is 4.79 Å². The highest BCUT2D eigenvalue weighted by atomic mass is 16.4. The molecule has 28 heavy (non-hydrogen) atoms. The van der Waals surface area contributed by atoms with Gasteiger partial charge in [-0.1, -0.05) is 24.3 Å². The number of nitrogens with zero attached hydrogens (tertiary/aromatic N) is 2. The normalized spacial score (nSPS) is 14.7. The number of piperidine rings is 1. The minimum absolute atomic E-state index is 0.0982. The van der Waals surface area contributed by atoms with Crippen molar-refractivity contribution in [3.8, 4) is 11.5 Å². The molecule has 1 amide bonds. The summed E-state index contributed by atoms with van der Waals surface area (Å²) in [5, 5.41) is 10.5. The van der Waals surface area contributed by atoms with E-state index in [4.69, 9.17) is 4.42 Å². The molecule has 2 heterocycles. The maximum Gasteiger partial charge on any atom is 0.251 e. The van der Waals surface area contributed by atoms with Gasteiger partial charge in [-0.2, -0.15) is 0 Å². The molecule has 0 saturated carbocycles. The lowest BCUT2D eigenvalue weighted by atomic mass is 10.1. The Morgan fingerprint density at radius 3 is 2.36 bits per heavy atom. The number of likely N-dealkylation sites (tertiary alicyclic amines) is 1. The third-order valence-corrected chi connectivity index (χ3v) is 5.24. The van der Waals surface area contributed by atoms with Crippen LogP contribution in [-0.2, 0) is 13.1 Å². The Morgan fingerprint density at radius 2 is 1.68 bits per heavy atom. The fourth-order valence-corrected chi connectivity index (χ4v) is 3.64. The molecule has 6 nitrogen and oxygen atoms in total. The molecule has 144 valence electrons. The Labute approximate surface area is 164 Å². The number of nitrogens with one attached hydrogen (secondary N) is 2. The summed E-state index contributed by atoms with van der Waals surface area (Å²) >= 11 is 0. The van der Waals surface area contributed by atoms with Crippen LogP contribution in [0.15, 0.2) is 59.3 Å². The summed E-state index contributed by atoms with van der Waals surface area (Å²) < 4.78 is 5.16. The van der Waals surface area contributed by atoms with Gasteiger partial charge in [-0.3, -0.25) is 4.79 Å². The van der Waals surface area contributed by atoms with Crippen molar-refractivity contribution in [1.29, 1.82) is 0 Å². The molecule has 0 unspecified atom stereocenters. The highest BCUT2D eigenvalue weighted by Gasteiger charge is 2.13. The number of amides is 1. The maximum absolute atomic E-state index is 12.4. The molecule has 1 aliphatic heterocycles. The van der Waals surface area contributed by atoms with Crippen molar-refractivity contribution in [2.24, 2.45) is 0 Å². The van der Waals surface area contributed by atoms with Crippen molar-refractivity contribution >= 4 is 5.91 Å². The number of carbonyl (C=O) groups is 1. The van der Waals surface area contributed by atoms with Crippen LogP contribution in [0.25, 0.3) is 11.5 Å². The first kappa shape index (κ1) is 18.4. The molecule has 0 atom stereocenters. The van der Waals surface area contributed by atoms with Gasteiger partial charge in [0.25, 0.3) is 5.91 Å². The summed E-state index contributed by atoms with van der Waals surface area (Å²) in [7, 11) is 0. The second-order valence-electron chi connectivity index (χ2n) is 7.31. The van der Waals surface area contributed by atoms with Crippen molar-refractivity contribution in [2.75, 3.05) is 13.1 Å². The van der Waals surface area contributed by atoms with Crippen molar-refractivity contribution in [3.05, 3.63) is 71.6 Å². The fraction of sp³-hybridized carbons (Fsp3) is 0.318. The van der Waals surface area contributed by atoms with Crippen LogP contribution in [0.1, 0.15) is 40.7 Å². The van der Waals surface area contributed by atoms with E-state index in [1.807, 2.05) is 0 Å². The molecule has 3 aromatic rings. The first-order valence-corrected chi connectivity index (χ1v) is 9.84. The predicted molar refractivity (Wildman–Crippen MR) is 106 cm³/mol. The number of benzene rings is 2. The minimum atomic E-state index is -0.0982. The lowest BCUT2D eigenvalue weighted by Crippen LogP contribution is -3.11. The highest BCUT2D eigenvalue weighted by molar-refractivity contribution is 5.94. The van der Waals surface area contributed by atoms with E-state index in [2.05, 4.69) is 39.8 Å². The van der Waals surface area contributed by atoms with Crippen LogP contribution < -0.4 is 10.2 Å². The van der Waals surface area contributed by atoms with E-state index in [1.54, 1.807) is 29.2 Å². The fourth-order valence-electron chi connectivity index (χ4n) is 3.64. The number of quaternary nitrogens is 1. The second kappa shape index (κ2) is 8.80. The number of hydrogen-bond donors (Lipinski definition) is 2. The summed E-state index contributed by atoms with van der Waals surface area (Å²) in [6.45, 7) is 4.17. The Balaban J connectivity index is 1.29. The van der Waals surface area contributed by atoms with E-state index in [-0.39, 0.29) is 5.91 Å². The van der Waals surface area contributed by atoms with Crippen LogP contribution in [0.3, 0.4) is 0 Å². The number of hydrogen-bond acceptors (Lipinski definition) is 4. The van der Waals surface area contributed by atoms with E-state index < -0.39 is 0 Å². The van der Waals surface area contributed by atoms with Gasteiger partial charge in [0.15, 0.2) is 0 Å². The van der Waals surface area contributed by atoms with E-state index >= 15 is 0 Å². The zero-order chi connectivity index (χ0) is 19.2. The topological polar surface area (TPSA) is 72.5 Å². The van der Waals surface area contributed by atoms with Crippen LogP contribution >= 0.6 is 0 Å². The Hall–Kier alpha value is -2.99. The molecule has 0 radical (unpaired) electrons. The smallest absolute Gasteiger partial charge is 0.251 e. The average Bonchev–Trinajstić information content (AvgIpc) is 3.29. The highest BCUT2D eigenvalue weighted by Crippen LogP contribution is 2.16. The summed E-state index contributed by atoms with van der Waals surface area (Å²) in [5.74, 6) is 0.345. The molecule has 1 aromatic heterocycles. The lowest BCUT2D eigenvalue weighted by Gasteiger charge is -2.23. The molecule has 2 aromatic carbocycles. The Morgan fingerprint density at radius 1 is 0.964 bits per heavy atom. The van der Waals surface area contributed by atoms with Crippen LogP contribution in [0.4, 0.5) is 0 Å². The molecular formula is C22H25N4O2+. The summed E-state index contributed by atoms with van der Waals surface area (Å²) in [6, 6.07) is 15.7. The molecule has 0 spiro atoms. The molecule has 2 N–H and O–H groups in total. The maximum atomic E-state index is 12.4. The predicted octanol–water partition coefficient (Wildman–Crippen LogP) is 2.24. The van der Waals surface area contributed by atoms with Crippen molar-refractivity contribution < 1.29 is 14.1 Å².